The predicted octanol–water partition coefficient (Wildman–Crippen LogP) is 4.16. The molecule has 1 aromatic carbocycles. The maximum atomic E-state index is 6.21. The van der Waals surface area contributed by atoms with Crippen LogP contribution in [0.1, 0.15) is 31.1 Å². The summed E-state index contributed by atoms with van der Waals surface area (Å²) >= 11 is 6.21. The fraction of sp³-hybridized carbons (Fsp3) is 0.389. The molecule has 0 bridgehead atoms. The molecule has 3 heterocycles. The van der Waals surface area contributed by atoms with E-state index >= 15 is 0 Å². The highest BCUT2D eigenvalue weighted by Gasteiger charge is 2.21. The summed E-state index contributed by atoms with van der Waals surface area (Å²) < 4.78 is 13.2. The van der Waals surface area contributed by atoms with Gasteiger partial charge in [0.1, 0.15) is 23.2 Å². The Morgan fingerprint density at radius 3 is 2.88 bits per heavy atom. The third kappa shape index (κ3) is 2.96. The molecular formula is C18H19ClN4O2. The molecule has 1 aliphatic rings. The monoisotopic (exact) mass is 358 g/mol. The molecule has 0 amide bonds. The van der Waals surface area contributed by atoms with Crippen LogP contribution in [0.5, 0.6) is 5.75 Å². The predicted molar refractivity (Wildman–Crippen MR) is 95.9 cm³/mol. The minimum Gasteiger partial charge on any atom is -0.496 e. The largest absolute Gasteiger partial charge is 0.496 e. The van der Waals surface area contributed by atoms with Crippen LogP contribution in [0.3, 0.4) is 0 Å². The zero-order valence-electron chi connectivity index (χ0n) is 14.2. The molecule has 1 atom stereocenters. The van der Waals surface area contributed by atoms with Crippen molar-refractivity contribution in [1.82, 2.24) is 19.5 Å². The molecule has 2 aromatic heterocycles. The van der Waals surface area contributed by atoms with Crippen LogP contribution in [-0.4, -0.2) is 33.2 Å². The summed E-state index contributed by atoms with van der Waals surface area (Å²) in [6.07, 6.45) is 4.90. The minimum atomic E-state index is -0.0461. The molecule has 25 heavy (non-hydrogen) atoms. The van der Waals surface area contributed by atoms with Gasteiger partial charge in [0, 0.05) is 12.2 Å². The van der Waals surface area contributed by atoms with Crippen LogP contribution in [-0.2, 0) is 4.74 Å². The molecule has 1 fully saturated rings. The van der Waals surface area contributed by atoms with E-state index in [0.717, 1.165) is 54.0 Å². The Hall–Kier alpha value is -2.18. The van der Waals surface area contributed by atoms with E-state index in [1.165, 1.54) is 0 Å². The summed E-state index contributed by atoms with van der Waals surface area (Å²) in [5.41, 5.74) is 4.11. The first kappa shape index (κ1) is 16.3. The molecule has 3 aromatic rings. The third-order valence-corrected chi connectivity index (χ3v) is 4.70. The fourth-order valence-electron chi connectivity index (χ4n) is 3.27. The first-order valence-corrected chi connectivity index (χ1v) is 8.72. The summed E-state index contributed by atoms with van der Waals surface area (Å²) in [6.45, 7) is 2.75. The lowest BCUT2D eigenvalue weighted by atomic mass is 10.1. The number of ether oxygens (including phenoxy) is 2. The number of benzene rings is 1. The number of halogens is 1. The zero-order chi connectivity index (χ0) is 17.4. The zero-order valence-corrected chi connectivity index (χ0v) is 15.0. The number of aromatic nitrogens is 4. The van der Waals surface area contributed by atoms with Crippen molar-refractivity contribution in [3.8, 4) is 17.0 Å². The van der Waals surface area contributed by atoms with E-state index < -0.39 is 0 Å². The number of fused-ring (bicyclic) bond motifs is 1. The second-order valence-electron chi connectivity index (χ2n) is 6.17. The number of imidazole rings is 1. The van der Waals surface area contributed by atoms with Crippen molar-refractivity contribution in [2.75, 3.05) is 13.7 Å². The van der Waals surface area contributed by atoms with E-state index in [1.807, 2.05) is 29.7 Å². The van der Waals surface area contributed by atoms with Gasteiger partial charge >= 0.3 is 0 Å². The second-order valence-corrected chi connectivity index (χ2v) is 6.51. The Morgan fingerprint density at radius 1 is 1.28 bits per heavy atom. The van der Waals surface area contributed by atoms with Crippen LogP contribution in [0.25, 0.3) is 22.4 Å². The first-order chi connectivity index (χ1) is 12.2. The van der Waals surface area contributed by atoms with Gasteiger partial charge in [-0.2, -0.15) is 4.98 Å². The van der Waals surface area contributed by atoms with Crippen LogP contribution in [0.4, 0.5) is 0 Å². The van der Waals surface area contributed by atoms with E-state index in [2.05, 4.69) is 15.0 Å². The van der Waals surface area contributed by atoms with E-state index in [4.69, 9.17) is 21.1 Å². The Kier molecular flexibility index (Phi) is 4.31. The lowest BCUT2D eigenvalue weighted by molar-refractivity contribution is -0.0298. The molecule has 4 rings (SSSR count). The molecule has 0 radical (unpaired) electrons. The maximum absolute atomic E-state index is 6.21. The van der Waals surface area contributed by atoms with Gasteiger partial charge in [-0.1, -0.05) is 0 Å². The Labute approximate surface area is 150 Å². The van der Waals surface area contributed by atoms with Crippen LogP contribution in [0.15, 0.2) is 24.5 Å². The number of methoxy groups -OCH3 is 1. The third-order valence-electron chi connectivity index (χ3n) is 4.53. The number of aryl methyl sites for hydroxylation is 1. The van der Waals surface area contributed by atoms with E-state index in [-0.39, 0.29) is 11.5 Å². The van der Waals surface area contributed by atoms with Gasteiger partial charge in [0.25, 0.3) is 0 Å². The van der Waals surface area contributed by atoms with Gasteiger partial charge in [0.15, 0.2) is 5.65 Å². The van der Waals surface area contributed by atoms with Gasteiger partial charge in [-0.3, -0.25) is 4.57 Å². The SMILES string of the molecule is COc1ccc(-c2nc(Cl)nc3c2ncn3C2CCCCO2)cc1C. The Balaban J connectivity index is 1.84. The average Bonchev–Trinajstić information content (AvgIpc) is 3.05. The summed E-state index contributed by atoms with van der Waals surface area (Å²) in [5.74, 6) is 0.835. The lowest BCUT2D eigenvalue weighted by Gasteiger charge is -2.23. The number of rotatable bonds is 3. The van der Waals surface area contributed by atoms with Gasteiger partial charge in [-0.25, -0.2) is 9.97 Å². The molecule has 130 valence electrons. The highest BCUT2D eigenvalue weighted by molar-refractivity contribution is 6.28. The van der Waals surface area contributed by atoms with Crippen molar-refractivity contribution in [2.24, 2.45) is 0 Å². The Bertz CT molecular complexity index is 919. The maximum Gasteiger partial charge on any atom is 0.225 e. The Morgan fingerprint density at radius 2 is 2.16 bits per heavy atom. The average molecular weight is 359 g/mol. The smallest absolute Gasteiger partial charge is 0.225 e. The van der Waals surface area contributed by atoms with Gasteiger partial charge in [-0.15, -0.1) is 0 Å². The highest BCUT2D eigenvalue weighted by atomic mass is 35.5. The minimum absolute atomic E-state index is 0.0461. The standard InChI is InChI=1S/C18H19ClN4O2/c1-11-9-12(6-7-13(11)24-2)15-16-17(22-18(19)21-15)23(10-20-16)14-5-3-4-8-25-14/h6-7,9-10,14H,3-5,8H2,1-2H3. The van der Waals surface area contributed by atoms with Crippen molar-refractivity contribution in [3.05, 3.63) is 35.4 Å². The van der Waals surface area contributed by atoms with E-state index in [0.29, 0.717) is 5.65 Å². The normalized spacial score (nSPS) is 17.8. The molecule has 1 saturated heterocycles. The second kappa shape index (κ2) is 6.61. The molecule has 6 nitrogen and oxygen atoms in total. The number of hydrogen-bond acceptors (Lipinski definition) is 5. The van der Waals surface area contributed by atoms with E-state index in [9.17, 15) is 0 Å². The van der Waals surface area contributed by atoms with Crippen LogP contribution in [0.2, 0.25) is 5.28 Å². The summed E-state index contributed by atoms with van der Waals surface area (Å²) in [5, 5.41) is 0.202. The van der Waals surface area contributed by atoms with Crippen molar-refractivity contribution in [3.63, 3.8) is 0 Å². The van der Waals surface area contributed by atoms with Gasteiger partial charge in [0.2, 0.25) is 5.28 Å². The number of hydrogen-bond donors (Lipinski definition) is 0. The van der Waals surface area contributed by atoms with Crippen LogP contribution >= 0.6 is 11.6 Å². The quantitative estimate of drug-likeness (QED) is 0.658. The molecule has 1 unspecified atom stereocenters. The topological polar surface area (TPSA) is 62.1 Å². The molecule has 1 aliphatic heterocycles. The first-order valence-electron chi connectivity index (χ1n) is 8.34. The summed E-state index contributed by atoms with van der Waals surface area (Å²) in [4.78, 5) is 13.4. The summed E-state index contributed by atoms with van der Waals surface area (Å²) in [6, 6.07) is 5.90. The molecule has 0 saturated carbocycles. The van der Waals surface area contributed by atoms with Crippen molar-refractivity contribution >= 4 is 22.8 Å². The fourth-order valence-corrected chi connectivity index (χ4v) is 3.44. The van der Waals surface area contributed by atoms with Gasteiger partial charge in [-0.05, 0) is 61.5 Å². The van der Waals surface area contributed by atoms with Crippen LogP contribution in [0, 0.1) is 6.92 Å². The molecule has 0 spiro atoms. The highest BCUT2D eigenvalue weighted by Crippen LogP contribution is 2.32. The van der Waals surface area contributed by atoms with Gasteiger partial charge < -0.3 is 9.47 Å². The van der Waals surface area contributed by atoms with Crippen molar-refractivity contribution in [1.29, 1.82) is 0 Å². The van der Waals surface area contributed by atoms with Crippen LogP contribution < -0.4 is 4.74 Å². The van der Waals surface area contributed by atoms with Gasteiger partial charge in [0.05, 0.1) is 13.4 Å². The lowest BCUT2D eigenvalue weighted by Crippen LogP contribution is -2.17. The molecular weight excluding hydrogens is 340 g/mol. The molecule has 0 aliphatic carbocycles. The number of nitrogens with zero attached hydrogens (tertiary/aromatic N) is 4. The van der Waals surface area contributed by atoms with Crippen molar-refractivity contribution in [2.45, 2.75) is 32.4 Å². The van der Waals surface area contributed by atoms with E-state index in [1.54, 1.807) is 13.4 Å². The summed E-state index contributed by atoms with van der Waals surface area (Å²) in [7, 11) is 1.66. The molecule has 0 N–H and O–H groups in total. The molecule has 7 heteroatoms. The van der Waals surface area contributed by atoms with Crippen molar-refractivity contribution < 1.29 is 9.47 Å².